The number of carboxylic acid groups (broad SMARTS) is 1. The second-order valence-electron chi connectivity index (χ2n) is 14.8. The topological polar surface area (TPSA) is 198 Å². The van der Waals surface area contributed by atoms with Crippen LogP contribution in [0, 0.1) is 6.92 Å². The van der Waals surface area contributed by atoms with Gasteiger partial charge in [-0.1, -0.05) is 29.8 Å². The fourth-order valence-corrected chi connectivity index (χ4v) is 10.1. The zero-order valence-corrected chi connectivity index (χ0v) is 35.0. The minimum Gasteiger partial charge on any atom is -0.542 e. The molecule has 2 aliphatic rings. The average molecular weight is 905 g/mol. The number of piperidine rings is 1. The van der Waals surface area contributed by atoms with Crippen molar-refractivity contribution in [3.63, 3.8) is 0 Å². The summed E-state index contributed by atoms with van der Waals surface area (Å²) in [6, 6.07) is 21.2. The number of likely N-dealkylation sites (N-methyl/N-ethyl adjacent to an activating group) is 1. The largest absolute Gasteiger partial charge is 0.542 e. The molecule has 7 rings (SSSR count). The highest BCUT2D eigenvalue weighted by Gasteiger charge is 2.41. The summed E-state index contributed by atoms with van der Waals surface area (Å²) in [7, 11) is -2.07. The highest BCUT2D eigenvalue weighted by Crippen LogP contribution is 2.37. The number of urea groups is 1. The Bertz CT molecular complexity index is 2540. The zero-order chi connectivity index (χ0) is 44.3. The van der Waals surface area contributed by atoms with Crippen molar-refractivity contribution >= 4 is 66.7 Å². The number of alkyl halides is 3. The number of imide groups is 1. The van der Waals surface area contributed by atoms with Gasteiger partial charge in [-0.05, 0) is 109 Å². The number of rotatable bonds is 10. The van der Waals surface area contributed by atoms with Crippen LogP contribution in [0.15, 0.2) is 89.1 Å². The molecule has 3 atom stereocenters. The molecule has 1 fully saturated rings. The summed E-state index contributed by atoms with van der Waals surface area (Å²) in [5, 5.41) is 22.6. The molecule has 0 spiro atoms. The molecule has 5 aromatic rings. The number of likely N-dealkylation sites (tertiary alicyclic amines) is 1. The number of aromatic hydroxyl groups is 1. The summed E-state index contributed by atoms with van der Waals surface area (Å²) in [6.07, 6.45) is -3.68. The summed E-state index contributed by atoms with van der Waals surface area (Å²) in [5.41, 5.74) is 9.17. The van der Waals surface area contributed by atoms with Crippen LogP contribution in [0.25, 0.3) is 10.1 Å². The number of carboxylic acids is 1. The number of hydrogen-bond acceptors (Lipinski definition) is 12. The van der Waals surface area contributed by atoms with Gasteiger partial charge in [0.15, 0.2) is 15.7 Å². The van der Waals surface area contributed by atoms with Crippen molar-refractivity contribution in [2.75, 3.05) is 32.2 Å². The van der Waals surface area contributed by atoms with Gasteiger partial charge in [-0.15, -0.1) is 11.3 Å². The number of thiophene rings is 1. The predicted molar refractivity (Wildman–Crippen MR) is 218 cm³/mol. The molecule has 0 saturated carbocycles. The fraction of sp³-hybridized carbons (Fsp3) is 0.293. The van der Waals surface area contributed by atoms with Gasteiger partial charge in [0, 0.05) is 21.0 Å². The van der Waals surface area contributed by atoms with Crippen LogP contribution in [0.2, 0.25) is 5.02 Å². The quantitative estimate of drug-likeness (QED) is 0.108. The lowest BCUT2D eigenvalue weighted by molar-refractivity contribution is -0.928. The number of nitrogens with zero attached hydrogens (tertiary/aromatic N) is 2. The number of phenols is 1. The van der Waals surface area contributed by atoms with Crippen molar-refractivity contribution in [1.29, 1.82) is 0 Å². The number of nitrogens with one attached hydrogen (secondary N) is 1. The Balaban J connectivity index is 0.000000819. The smallest absolute Gasteiger partial charge is 0.430 e. The van der Waals surface area contributed by atoms with Crippen LogP contribution in [0.3, 0.4) is 0 Å². The lowest BCUT2D eigenvalue weighted by Crippen LogP contribution is -2.62. The first-order valence-corrected chi connectivity index (χ1v) is 21.2. The van der Waals surface area contributed by atoms with Crippen LogP contribution in [0.4, 0.5) is 23.7 Å². The van der Waals surface area contributed by atoms with Crippen molar-refractivity contribution in [3.05, 3.63) is 107 Å². The van der Waals surface area contributed by atoms with E-state index >= 15 is 0 Å². The maximum atomic E-state index is 14.2. The molecular formula is C41H40ClF3N4O10S2. The normalized spacial score (nSPS) is 17.8. The molecule has 1 aromatic heterocycles. The van der Waals surface area contributed by atoms with E-state index in [1.807, 2.05) is 18.2 Å². The van der Waals surface area contributed by atoms with Gasteiger partial charge in [0.1, 0.15) is 30.6 Å². The lowest BCUT2D eigenvalue weighted by atomic mass is 9.98. The number of aryl methyl sites for hydroxylation is 1. The number of carbonyl (C=O) groups is 3. The van der Waals surface area contributed by atoms with Gasteiger partial charge < -0.3 is 44.2 Å². The highest BCUT2D eigenvalue weighted by molar-refractivity contribution is 7.89. The van der Waals surface area contributed by atoms with Crippen molar-refractivity contribution in [3.8, 4) is 23.0 Å². The Hall–Kier alpha value is -5.60. The summed E-state index contributed by atoms with van der Waals surface area (Å²) >= 11 is 7.20. The number of carbonyl (C=O) groups excluding carboxylic acids is 3. The predicted octanol–water partition coefficient (Wildman–Crippen LogP) is 6.10. The Morgan fingerprint density at radius 2 is 1.69 bits per heavy atom. The van der Waals surface area contributed by atoms with E-state index in [0.717, 1.165) is 45.5 Å². The van der Waals surface area contributed by atoms with Crippen LogP contribution in [-0.4, -0.2) is 86.0 Å². The molecule has 0 bridgehead atoms. The van der Waals surface area contributed by atoms with Crippen molar-refractivity contribution < 1.29 is 64.3 Å². The maximum Gasteiger partial charge on any atom is 0.430 e. The number of anilines is 1. The summed E-state index contributed by atoms with van der Waals surface area (Å²) in [5.74, 6) is -2.00. The second kappa shape index (κ2) is 18.2. The Labute approximate surface area is 357 Å². The Morgan fingerprint density at radius 1 is 1.03 bits per heavy atom. The van der Waals surface area contributed by atoms with Crippen molar-refractivity contribution in [2.45, 2.75) is 55.2 Å². The molecule has 1 unspecified atom stereocenters. The number of ether oxygens (including phenoxy) is 2. The monoisotopic (exact) mass is 904 g/mol. The fourth-order valence-electron chi connectivity index (χ4n) is 7.19. The number of quaternary nitrogens is 1. The molecule has 4 N–H and O–H groups in total. The van der Waals surface area contributed by atoms with E-state index in [1.165, 1.54) is 41.3 Å². The summed E-state index contributed by atoms with van der Waals surface area (Å²) < 4.78 is 76.1. The molecule has 3 heterocycles. The molecule has 20 heteroatoms. The van der Waals surface area contributed by atoms with Crippen LogP contribution >= 0.6 is 22.9 Å². The van der Waals surface area contributed by atoms with Gasteiger partial charge in [0.05, 0.1) is 25.7 Å². The second-order valence-corrected chi connectivity index (χ2v) is 18.0. The highest BCUT2D eigenvalue weighted by atomic mass is 35.5. The van der Waals surface area contributed by atoms with Crippen LogP contribution in [0.5, 0.6) is 23.0 Å². The molecule has 1 saturated heterocycles. The number of phenolic OH excluding ortho intramolecular Hbond substituents is 1. The lowest BCUT2D eigenvalue weighted by Gasteiger charge is -2.44. The number of fused-ring (bicyclic) bond motifs is 2. The number of amides is 3. The minimum atomic E-state index is -5.19. The van der Waals surface area contributed by atoms with Crippen molar-refractivity contribution in [2.24, 2.45) is 5.73 Å². The molecule has 14 nitrogen and oxygen atoms in total. The number of aliphatic carboxylic acids is 1. The third-order valence-electron chi connectivity index (χ3n) is 10.0. The Kier molecular flexibility index (Phi) is 13.4. The van der Waals surface area contributed by atoms with Crippen LogP contribution in [0.1, 0.15) is 29.5 Å². The molecule has 3 amide bonds. The molecule has 0 aliphatic carbocycles. The van der Waals surface area contributed by atoms with Crippen LogP contribution < -0.4 is 29.8 Å². The third kappa shape index (κ3) is 11.0. The first kappa shape index (κ1) is 44.9. The standard InChI is InChI=1S/C39H39ClN4O8S2.C2HF3O2/c1-24-32-15-8-27(40)20-36(32)53-38(24)54(48,49)52-31-13-9-28(10-14-31)42-39(47)43(37(46)33(41)18-25-5-11-30(45)12-6-25)29-4-3-17-44(2,22-29)21-26-7-16-34-35(19-26)51-23-50-34;3-2(4,5)1(6)7/h5-16,19-20,29,33H,3-4,17-18,21-23,41H2,1-2H3,(H-,42,45,47);(H,6,7)/t29-,33-,44?;/m0./s1. The van der Waals surface area contributed by atoms with E-state index in [2.05, 4.69) is 12.4 Å². The Morgan fingerprint density at radius 3 is 2.36 bits per heavy atom. The van der Waals surface area contributed by atoms with E-state index in [4.69, 9.17) is 40.9 Å². The number of benzene rings is 4. The molecule has 61 heavy (non-hydrogen) atoms. The molecule has 2 aliphatic heterocycles. The van der Waals surface area contributed by atoms with E-state index < -0.39 is 46.3 Å². The molecular weight excluding hydrogens is 865 g/mol. The number of hydrogen-bond donors (Lipinski definition) is 3. The van der Waals surface area contributed by atoms with Gasteiger partial charge >= 0.3 is 22.3 Å². The summed E-state index contributed by atoms with van der Waals surface area (Å²) in [6.45, 7) is 3.88. The summed E-state index contributed by atoms with van der Waals surface area (Å²) in [4.78, 5) is 38.3. The van der Waals surface area contributed by atoms with Crippen LogP contribution in [-0.2, 0) is 32.7 Å². The maximum absolute atomic E-state index is 14.2. The first-order chi connectivity index (χ1) is 28.7. The average Bonchev–Trinajstić information content (AvgIpc) is 3.80. The molecule has 324 valence electrons. The zero-order valence-electron chi connectivity index (χ0n) is 32.6. The van der Waals surface area contributed by atoms with E-state index in [0.29, 0.717) is 51.8 Å². The SMILES string of the molecule is Cc1c(S(=O)(=O)Oc2ccc(NC(=O)N(C(=O)[C@@H](N)Cc3ccc(O)cc3)[C@H]3CCC[N+](C)(Cc4ccc5c(c4)OCO5)C3)cc2)sc2cc(Cl)ccc12.O=C([O-])C(F)(F)F. The molecule has 4 aromatic carbocycles. The van der Waals surface area contributed by atoms with E-state index in [-0.39, 0.29) is 28.9 Å². The minimum absolute atomic E-state index is 0.0515. The third-order valence-corrected chi connectivity index (χ3v) is 13.4. The first-order valence-electron chi connectivity index (χ1n) is 18.6. The van der Waals surface area contributed by atoms with Gasteiger partial charge in [-0.3, -0.25) is 9.69 Å². The van der Waals surface area contributed by atoms with Crippen molar-refractivity contribution in [1.82, 2.24) is 4.90 Å². The van der Waals surface area contributed by atoms with E-state index in [9.17, 15) is 36.3 Å². The number of nitrogens with two attached hydrogens (primary N) is 1. The number of halogens is 4. The van der Waals surface area contributed by atoms with Gasteiger partial charge in [0.25, 0.3) is 0 Å². The van der Waals surface area contributed by atoms with Gasteiger partial charge in [0.2, 0.25) is 12.7 Å². The van der Waals surface area contributed by atoms with Gasteiger partial charge in [-0.25, -0.2) is 4.79 Å². The van der Waals surface area contributed by atoms with E-state index in [1.54, 1.807) is 37.3 Å². The molecule has 0 radical (unpaired) electrons. The van der Waals surface area contributed by atoms with Gasteiger partial charge in [-0.2, -0.15) is 21.6 Å².